The molecule has 25 heavy (non-hydrogen) atoms. The van der Waals surface area contributed by atoms with Crippen LogP contribution < -0.4 is 15.4 Å². The molecule has 3 aromatic carbocycles. The number of anilines is 2. The molecular formula is C20H17FN4. The van der Waals surface area contributed by atoms with Gasteiger partial charge in [-0.3, -0.25) is 10.4 Å². The zero-order valence-electron chi connectivity index (χ0n) is 13.5. The van der Waals surface area contributed by atoms with Crippen LogP contribution in [0, 0.1) is 5.82 Å². The van der Waals surface area contributed by atoms with Crippen LogP contribution in [-0.4, -0.2) is 12.5 Å². The molecule has 5 heteroatoms. The lowest BCUT2D eigenvalue weighted by molar-refractivity contribution is 0.626. The molecule has 124 valence electrons. The molecule has 0 saturated heterocycles. The largest absolute Gasteiger partial charge is 0.278 e. The first-order valence-electron chi connectivity index (χ1n) is 8.06. The number of hydrazone groups is 1. The number of rotatable bonds is 3. The minimum absolute atomic E-state index is 0.252. The minimum Gasteiger partial charge on any atom is -0.278 e. The van der Waals surface area contributed by atoms with Gasteiger partial charge < -0.3 is 0 Å². The van der Waals surface area contributed by atoms with Crippen LogP contribution in [0.2, 0.25) is 0 Å². The second-order valence-corrected chi connectivity index (χ2v) is 5.71. The summed E-state index contributed by atoms with van der Waals surface area (Å²) in [6, 6.07) is 26.3. The van der Waals surface area contributed by atoms with Crippen LogP contribution in [0.3, 0.4) is 0 Å². The van der Waals surface area contributed by atoms with Crippen LogP contribution in [0.15, 0.2) is 90.0 Å². The quantitative estimate of drug-likeness (QED) is 0.787. The molecule has 0 radical (unpaired) electrons. The molecule has 0 atom stereocenters. The number of nitrogens with one attached hydrogen (secondary N) is 1. The summed E-state index contributed by atoms with van der Waals surface area (Å²) in [4.78, 5) is 0. The van der Waals surface area contributed by atoms with E-state index >= 15 is 0 Å². The molecule has 0 spiro atoms. The highest BCUT2D eigenvalue weighted by atomic mass is 19.1. The van der Waals surface area contributed by atoms with E-state index in [2.05, 4.69) is 5.43 Å². The summed E-state index contributed by atoms with van der Waals surface area (Å²) in [7, 11) is 0. The van der Waals surface area contributed by atoms with Crippen LogP contribution in [0.1, 0.15) is 5.56 Å². The van der Waals surface area contributed by atoms with Crippen molar-refractivity contribution < 1.29 is 4.39 Å². The first-order valence-corrected chi connectivity index (χ1v) is 8.06. The van der Waals surface area contributed by atoms with Crippen LogP contribution in [0.25, 0.3) is 0 Å². The number of hydrogen-bond donors (Lipinski definition) is 1. The van der Waals surface area contributed by atoms with Gasteiger partial charge in [-0.05, 0) is 36.4 Å². The Morgan fingerprint density at radius 2 is 1.40 bits per heavy atom. The van der Waals surface area contributed by atoms with E-state index in [0.29, 0.717) is 6.67 Å². The Morgan fingerprint density at radius 3 is 2.08 bits per heavy atom. The SMILES string of the molecule is Fc1ccc(N2CN(c3ccccc3)N=C(c3ccccc3)N2)cc1. The average Bonchev–Trinajstić information content (AvgIpc) is 2.69. The molecule has 0 fully saturated rings. The predicted octanol–water partition coefficient (Wildman–Crippen LogP) is 3.98. The standard InChI is InChI=1S/C20H17FN4/c21-17-11-13-19(14-12-17)25-15-24(18-9-5-2-6-10-18)22-20(23-25)16-7-3-1-4-8-16/h1-14H,15H2,(H,22,23). The lowest BCUT2D eigenvalue weighted by Gasteiger charge is -2.36. The van der Waals surface area contributed by atoms with Gasteiger partial charge >= 0.3 is 0 Å². The van der Waals surface area contributed by atoms with Crippen molar-refractivity contribution in [3.05, 3.63) is 96.3 Å². The summed E-state index contributed by atoms with van der Waals surface area (Å²) < 4.78 is 13.3. The number of nitrogens with zero attached hydrogens (tertiary/aromatic N) is 3. The van der Waals surface area contributed by atoms with Crippen molar-refractivity contribution in [3.63, 3.8) is 0 Å². The molecule has 3 aromatic rings. The second-order valence-electron chi connectivity index (χ2n) is 5.71. The molecule has 0 bridgehead atoms. The fraction of sp³-hybridized carbons (Fsp3) is 0.0500. The Hall–Kier alpha value is -3.34. The smallest absolute Gasteiger partial charge is 0.172 e. The van der Waals surface area contributed by atoms with Crippen molar-refractivity contribution >= 4 is 17.2 Å². The number of hydrazine groups is 1. The average molecular weight is 332 g/mol. The number of amidine groups is 1. The summed E-state index contributed by atoms with van der Waals surface area (Å²) in [6.07, 6.45) is 0. The first kappa shape index (κ1) is 15.2. The maximum Gasteiger partial charge on any atom is 0.172 e. The Kier molecular flexibility index (Phi) is 4.04. The highest BCUT2D eigenvalue weighted by molar-refractivity contribution is 6.00. The number of hydrogen-bond acceptors (Lipinski definition) is 4. The molecule has 0 aromatic heterocycles. The normalized spacial score (nSPS) is 14.0. The van der Waals surface area contributed by atoms with E-state index in [9.17, 15) is 4.39 Å². The Morgan fingerprint density at radius 1 is 0.760 bits per heavy atom. The lowest BCUT2D eigenvalue weighted by atomic mass is 10.2. The van der Waals surface area contributed by atoms with Crippen molar-refractivity contribution in [2.24, 2.45) is 5.10 Å². The molecule has 1 N–H and O–H groups in total. The van der Waals surface area contributed by atoms with Gasteiger partial charge in [0.05, 0.1) is 11.4 Å². The third-order valence-corrected chi connectivity index (χ3v) is 3.98. The fourth-order valence-corrected chi connectivity index (χ4v) is 2.70. The van der Waals surface area contributed by atoms with E-state index in [0.717, 1.165) is 22.8 Å². The van der Waals surface area contributed by atoms with Gasteiger partial charge in [0.15, 0.2) is 5.84 Å². The van der Waals surface area contributed by atoms with Gasteiger partial charge in [0.2, 0.25) is 0 Å². The Labute approximate surface area is 145 Å². The lowest BCUT2D eigenvalue weighted by Crippen LogP contribution is -2.53. The summed E-state index contributed by atoms with van der Waals surface area (Å²) in [5, 5.41) is 8.60. The highest BCUT2D eigenvalue weighted by Crippen LogP contribution is 2.21. The van der Waals surface area contributed by atoms with E-state index in [1.165, 1.54) is 12.1 Å². The number of benzene rings is 3. The van der Waals surface area contributed by atoms with Crippen molar-refractivity contribution in [2.75, 3.05) is 16.7 Å². The molecule has 0 amide bonds. The van der Waals surface area contributed by atoms with Crippen LogP contribution in [0.4, 0.5) is 15.8 Å². The number of halogens is 1. The minimum atomic E-state index is -0.252. The van der Waals surface area contributed by atoms with Gasteiger partial charge in [-0.15, -0.1) is 0 Å². The predicted molar refractivity (Wildman–Crippen MR) is 98.8 cm³/mol. The van der Waals surface area contributed by atoms with Crippen LogP contribution >= 0.6 is 0 Å². The van der Waals surface area contributed by atoms with E-state index < -0.39 is 0 Å². The van der Waals surface area contributed by atoms with E-state index in [1.54, 1.807) is 12.1 Å². The van der Waals surface area contributed by atoms with Crippen molar-refractivity contribution in [3.8, 4) is 0 Å². The third kappa shape index (κ3) is 3.30. The Bertz CT molecular complexity index is 863. The highest BCUT2D eigenvalue weighted by Gasteiger charge is 2.21. The second kappa shape index (κ2) is 6.65. The van der Waals surface area contributed by atoms with Gasteiger partial charge in [-0.2, -0.15) is 5.10 Å². The van der Waals surface area contributed by atoms with E-state index in [4.69, 9.17) is 5.10 Å². The maximum atomic E-state index is 13.3. The zero-order valence-corrected chi connectivity index (χ0v) is 13.5. The van der Waals surface area contributed by atoms with E-state index in [1.807, 2.05) is 70.7 Å². The third-order valence-electron chi connectivity index (χ3n) is 3.98. The summed E-state index contributed by atoms with van der Waals surface area (Å²) in [6.45, 7) is 0.506. The van der Waals surface area contributed by atoms with Gasteiger partial charge in [-0.1, -0.05) is 48.5 Å². The summed E-state index contributed by atoms with van der Waals surface area (Å²) >= 11 is 0. The molecule has 4 rings (SSSR count). The fourth-order valence-electron chi connectivity index (χ4n) is 2.70. The van der Waals surface area contributed by atoms with Crippen molar-refractivity contribution in [1.29, 1.82) is 0 Å². The molecule has 4 nitrogen and oxygen atoms in total. The molecular weight excluding hydrogens is 315 g/mol. The van der Waals surface area contributed by atoms with Crippen molar-refractivity contribution in [2.45, 2.75) is 0 Å². The van der Waals surface area contributed by atoms with Crippen LogP contribution in [0.5, 0.6) is 0 Å². The van der Waals surface area contributed by atoms with Gasteiger partial charge in [0, 0.05) is 5.56 Å². The van der Waals surface area contributed by atoms with Gasteiger partial charge in [0.25, 0.3) is 0 Å². The molecule has 0 aliphatic carbocycles. The molecule has 1 heterocycles. The topological polar surface area (TPSA) is 30.9 Å². The van der Waals surface area contributed by atoms with Gasteiger partial charge in [-0.25, -0.2) is 9.40 Å². The zero-order chi connectivity index (χ0) is 17.1. The maximum absolute atomic E-state index is 13.3. The van der Waals surface area contributed by atoms with E-state index in [-0.39, 0.29) is 5.82 Å². The monoisotopic (exact) mass is 332 g/mol. The summed E-state index contributed by atoms with van der Waals surface area (Å²) in [5.74, 6) is 0.484. The van der Waals surface area contributed by atoms with Gasteiger partial charge in [0.1, 0.15) is 12.5 Å². The number of para-hydroxylation sites is 1. The summed E-state index contributed by atoms with van der Waals surface area (Å²) in [5.41, 5.74) is 6.16. The molecule has 0 unspecified atom stereocenters. The molecule has 1 aliphatic rings. The Balaban J connectivity index is 1.72. The molecule has 1 aliphatic heterocycles. The van der Waals surface area contributed by atoms with Crippen LogP contribution in [-0.2, 0) is 0 Å². The first-order chi connectivity index (χ1) is 12.3. The molecule has 0 saturated carbocycles. The van der Waals surface area contributed by atoms with Crippen molar-refractivity contribution in [1.82, 2.24) is 5.43 Å².